The zero-order valence-corrected chi connectivity index (χ0v) is 14.5. The molecule has 0 amide bonds. The quantitative estimate of drug-likeness (QED) is 0.724. The van der Waals surface area contributed by atoms with Gasteiger partial charge in [0.25, 0.3) is 5.56 Å². The second-order valence-corrected chi connectivity index (χ2v) is 6.01. The summed E-state index contributed by atoms with van der Waals surface area (Å²) in [6.45, 7) is 5.54. The Morgan fingerprint density at radius 2 is 2.08 bits per heavy atom. The van der Waals surface area contributed by atoms with Crippen molar-refractivity contribution in [2.45, 2.75) is 26.7 Å². The van der Waals surface area contributed by atoms with Gasteiger partial charge in [0.05, 0.1) is 23.4 Å². The molecular formula is C18H17F2N3O3. The van der Waals surface area contributed by atoms with Gasteiger partial charge in [-0.15, -0.1) is 0 Å². The first-order valence-corrected chi connectivity index (χ1v) is 8.11. The van der Waals surface area contributed by atoms with Gasteiger partial charge in [0.2, 0.25) is 0 Å². The van der Waals surface area contributed by atoms with Crippen LogP contribution in [0.2, 0.25) is 0 Å². The normalized spacial score (nSPS) is 11.3. The molecule has 0 saturated heterocycles. The van der Waals surface area contributed by atoms with Gasteiger partial charge in [-0.25, -0.2) is 23.1 Å². The third kappa shape index (κ3) is 2.77. The van der Waals surface area contributed by atoms with Gasteiger partial charge in [-0.2, -0.15) is 0 Å². The molecule has 0 aliphatic rings. The van der Waals surface area contributed by atoms with Crippen LogP contribution in [0.4, 0.5) is 8.78 Å². The van der Waals surface area contributed by atoms with E-state index in [-0.39, 0.29) is 34.9 Å². The van der Waals surface area contributed by atoms with Crippen molar-refractivity contribution in [1.82, 2.24) is 14.6 Å². The predicted molar refractivity (Wildman–Crippen MR) is 91.2 cm³/mol. The standard InChI is InChI=1S/C18H17F2N3O3/c1-4-26-18(25)11-8-21-16-13(10-6-5-7-12(19)14(10)20)17(24)22-23(16)15(11)9(2)3/h5-9H,4H2,1-3H3,(H,22,24). The molecule has 6 nitrogen and oxygen atoms in total. The van der Waals surface area contributed by atoms with E-state index in [0.29, 0.717) is 5.69 Å². The molecule has 0 fully saturated rings. The molecule has 0 aliphatic carbocycles. The highest BCUT2D eigenvalue weighted by Gasteiger charge is 2.24. The first kappa shape index (κ1) is 17.8. The number of benzene rings is 1. The van der Waals surface area contributed by atoms with Crippen molar-refractivity contribution < 1.29 is 18.3 Å². The highest BCUT2D eigenvalue weighted by atomic mass is 19.2. The summed E-state index contributed by atoms with van der Waals surface area (Å²) in [7, 11) is 0. The van der Waals surface area contributed by atoms with Crippen LogP contribution in [0.15, 0.2) is 29.2 Å². The number of fused-ring (bicyclic) bond motifs is 1. The van der Waals surface area contributed by atoms with E-state index in [4.69, 9.17) is 4.74 Å². The molecule has 0 aliphatic heterocycles. The van der Waals surface area contributed by atoms with E-state index in [9.17, 15) is 18.4 Å². The Kier molecular flexibility index (Phi) is 4.58. The van der Waals surface area contributed by atoms with Crippen molar-refractivity contribution in [3.8, 4) is 11.1 Å². The molecule has 3 rings (SSSR count). The summed E-state index contributed by atoms with van der Waals surface area (Å²) in [5.74, 6) is -2.94. The second-order valence-electron chi connectivity index (χ2n) is 6.01. The van der Waals surface area contributed by atoms with Crippen LogP contribution in [0.5, 0.6) is 0 Å². The van der Waals surface area contributed by atoms with Crippen molar-refractivity contribution in [2.24, 2.45) is 0 Å². The van der Waals surface area contributed by atoms with Gasteiger partial charge in [-0.3, -0.25) is 9.89 Å². The van der Waals surface area contributed by atoms with Crippen LogP contribution >= 0.6 is 0 Å². The zero-order chi connectivity index (χ0) is 19.0. The Morgan fingerprint density at radius 1 is 1.35 bits per heavy atom. The number of nitrogens with one attached hydrogen (secondary N) is 1. The number of carbonyl (C=O) groups is 1. The van der Waals surface area contributed by atoms with E-state index in [1.165, 1.54) is 22.8 Å². The summed E-state index contributed by atoms with van der Waals surface area (Å²) in [4.78, 5) is 28.8. The van der Waals surface area contributed by atoms with E-state index in [0.717, 1.165) is 6.07 Å². The topological polar surface area (TPSA) is 76.5 Å². The molecule has 0 spiro atoms. The second kappa shape index (κ2) is 6.70. The lowest BCUT2D eigenvalue weighted by molar-refractivity contribution is 0.0523. The molecule has 0 radical (unpaired) electrons. The van der Waals surface area contributed by atoms with Crippen molar-refractivity contribution in [1.29, 1.82) is 0 Å². The molecule has 0 unspecified atom stereocenters. The molecule has 8 heteroatoms. The van der Waals surface area contributed by atoms with Crippen LogP contribution in [0.3, 0.4) is 0 Å². The molecule has 2 heterocycles. The Bertz CT molecular complexity index is 1050. The van der Waals surface area contributed by atoms with Crippen LogP contribution in [0.1, 0.15) is 42.7 Å². The lowest BCUT2D eigenvalue weighted by atomic mass is 10.0. The Balaban J connectivity index is 2.34. The number of carbonyl (C=O) groups excluding carboxylic acids is 1. The molecule has 1 N–H and O–H groups in total. The van der Waals surface area contributed by atoms with Crippen LogP contribution < -0.4 is 5.56 Å². The number of nitrogens with zero attached hydrogens (tertiary/aromatic N) is 2. The summed E-state index contributed by atoms with van der Waals surface area (Å²) in [6, 6.07) is 3.59. The summed E-state index contributed by atoms with van der Waals surface area (Å²) >= 11 is 0. The molecular weight excluding hydrogens is 344 g/mol. The lowest BCUT2D eigenvalue weighted by Gasteiger charge is -2.14. The van der Waals surface area contributed by atoms with Crippen molar-refractivity contribution >= 4 is 11.6 Å². The van der Waals surface area contributed by atoms with Crippen molar-refractivity contribution in [3.63, 3.8) is 0 Å². The average Bonchev–Trinajstić information content (AvgIpc) is 2.92. The molecule has 1 aromatic carbocycles. The third-order valence-corrected chi connectivity index (χ3v) is 3.97. The van der Waals surface area contributed by atoms with Gasteiger partial charge in [0, 0.05) is 11.8 Å². The number of aromatic nitrogens is 3. The van der Waals surface area contributed by atoms with Gasteiger partial charge >= 0.3 is 5.97 Å². The number of esters is 1. The van der Waals surface area contributed by atoms with E-state index in [1.54, 1.807) is 6.92 Å². The molecule has 2 aromatic heterocycles. The van der Waals surface area contributed by atoms with E-state index in [1.807, 2.05) is 13.8 Å². The summed E-state index contributed by atoms with van der Waals surface area (Å²) in [5.41, 5.74) is -0.152. The SMILES string of the molecule is CCOC(=O)c1cnc2c(-c3cccc(F)c3F)c(=O)[nH]n2c1C(C)C. The molecule has 0 atom stereocenters. The van der Waals surface area contributed by atoms with E-state index in [2.05, 4.69) is 10.1 Å². The maximum Gasteiger partial charge on any atom is 0.341 e. The molecule has 136 valence electrons. The number of aromatic amines is 1. The van der Waals surface area contributed by atoms with Gasteiger partial charge in [0.15, 0.2) is 17.3 Å². The first-order valence-electron chi connectivity index (χ1n) is 8.11. The third-order valence-electron chi connectivity index (χ3n) is 3.97. The van der Waals surface area contributed by atoms with Crippen molar-refractivity contribution in [3.05, 3.63) is 57.6 Å². The monoisotopic (exact) mass is 361 g/mol. The molecule has 0 bridgehead atoms. The van der Waals surface area contributed by atoms with Gasteiger partial charge in [0.1, 0.15) is 0 Å². The Hall–Kier alpha value is -3.03. The molecule has 3 aromatic rings. The van der Waals surface area contributed by atoms with Gasteiger partial charge in [-0.1, -0.05) is 26.0 Å². The highest BCUT2D eigenvalue weighted by Crippen LogP contribution is 2.28. The summed E-state index contributed by atoms with van der Waals surface area (Å²) < 4.78 is 34.2. The number of ether oxygens (including phenoxy) is 1. The molecule has 0 saturated carbocycles. The van der Waals surface area contributed by atoms with E-state index >= 15 is 0 Å². The minimum atomic E-state index is -1.13. The first-order chi connectivity index (χ1) is 12.4. The highest BCUT2D eigenvalue weighted by molar-refractivity contribution is 5.91. The number of halogens is 2. The average molecular weight is 361 g/mol. The molecule has 26 heavy (non-hydrogen) atoms. The van der Waals surface area contributed by atoms with Gasteiger partial charge in [-0.05, 0) is 18.9 Å². The maximum absolute atomic E-state index is 14.2. The summed E-state index contributed by atoms with van der Waals surface area (Å²) in [5, 5.41) is 2.56. The van der Waals surface area contributed by atoms with E-state index < -0.39 is 23.2 Å². The maximum atomic E-state index is 14.2. The largest absolute Gasteiger partial charge is 0.462 e. The summed E-state index contributed by atoms with van der Waals surface area (Å²) in [6.07, 6.45) is 1.29. The Labute approximate surface area is 147 Å². The number of hydrogen-bond acceptors (Lipinski definition) is 4. The van der Waals surface area contributed by atoms with Crippen molar-refractivity contribution in [2.75, 3.05) is 6.61 Å². The van der Waals surface area contributed by atoms with Crippen LogP contribution in [-0.4, -0.2) is 27.2 Å². The fourth-order valence-electron chi connectivity index (χ4n) is 2.91. The minimum absolute atomic E-state index is 0.0979. The van der Waals surface area contributed by atoms with Crippen LogP contribution in [0, 0.1) is 11.6 Å². The fraction of sp³-hybridized carbons (Fsp3) is 0.278. The fourth-order valence-corrected chi connectivity index (χ4v) is 2.91. The Morgan fingerprint density at radius 3 is 2.73 bits per heavy atom. The number of rotatable bonds is 4. The van der Waals surface area contributed by atoms with Crippen LogP contribution in [-0.2, 0) is 4.74 Å². The van der Waals surface area contributed by atoms with Gasteiger partial charge < -0.3 is 4.74 Å². The zero-order valence-electron chi connectivity index (χ0n) is 14.5. The number of hydrogen-bond donors (Lipinski definition) is 1. The predicted octanol–water partition coefficient (Wildman–Crippen LogP) is 3.27. The van der Waals surface area contributed by atoms with Crippen LogP contribution in [0.25, 0.3) is 16.8 Å². The smallest absolute Gasteiger partial charge is 0.341 e. The minimum Gasteiger partial charge on any atom is -0.462 e. The number of H-pyrrole nitrogens is 1. The lowest BCUT2D eigenvalue weighted by Crippen LogP contribution is -2.15.